The Morgan fingerprint density at radius 2 is 2.50 bits per heavy atom. The number of rotatable bonds is 2. The molecule has 3 N–H and O–H groups in total. The number of nitrogens with zero attached hydrogens (tertiary/aromatic N) is 2. The van der Waals surface area contributed by atoms with Crippen molar-refractivity contribution in [3.05, 3.63) is 0 Å². The number of hydrogen-bond acceptors (Lipinski definition) is 4. The largest absolute Gasteiger partial charge is 0.409 e. The van der Waals surface area contributed by atoms with E-state index in [4.69, 9.17) is 15.7 Å². The van der Waals surface area contributed by atoms with Crippen LogP contribution < -0.4 is 5.73 Å². The van der Waals surface area contributed by atoms with E-state index >= 15 is 0 Å². The number of nitrogens with two attached hydrogens (primary N) is 1. The van der Waals surface area contributed by atoms with Crippen molar-refractivity contribution in [2.24, 2.45) is 10.9 Å². The molecular formula is C8H15N3O3. The first kappa shape index (κ1) is 10.8. The number of hydrogen-bond donors (Lipinski definition) is 2. The van der Waals surface area contributed by atoms with Crippen LogP contribution in [0.15, 0.2) is 5.16 Å². The molecule has 1 rings (SSSR count). The summed E-state index contributed by atoms with van der Waals surface area (Å²) in [5, 5.41) is 11.1. The first-order chi connectivity index (χ1) is 6.63. The van der Waals surface area contributed by atoms with E-state index in [0.717, 1.165) is 0 Å². The van der Waals surface area contributed by atoms with E-state index in [1.165, 1.54) is 0 Å². The minimum absolute atomic E-state index is 0.0385. The Bertz CT molecular complexity index is 242. The number of amides is 1. The fourth-order valence-corrected chi connectivity index (χ4v) is 1.35. The molecule has 0 aromatic heterocycles. The summed E-state index contributed by atoms with van der Waals surface area (Å²) in [7, 11) is 0. The quantitative estimate of drug-likeness (QED) is 0.269. The van der Waals surface area contributed by atoms with Crippen molar-refractivity contribution in [3.63, 3.8) is 0 Å². The summed E-state index contributed by atoms with van der Waals surface area (Å²) < 4.78 is 5.28. The van der Waals surface area contributed by atoms with Crippen molar-refractivity contribution in [1.29, 1.82) is 0 Å². The molecule has 80 valence electrons. The van der Waals surface area contributed by atoms with Crippen LogP contribution in [-0.2, 0) is 9.53 Å². The summed E-state index contributed by atoms with van der Waals surface area (Å²) in [4.78, 5) is 13.2. The topological polar surface area (TPSA) is 88.2 Å². The summed E-state index contributed by atoms with van der Waals surface area (Å²) >= 11 is 0. The molecular weight excluding hydrogens is 186 g/mol. The van der Waals surface area contributed by atoms with Gasteiger partial charge in [0.15, 0.2) is 0 Å². The number of oxime groups is 1. The molecule has 6 heteroatoms. The molecule has 0 saturated carbocycles. The molecule has 0 bridgehead atoms. The molecule has 0 aromatic carbocycles. The van der Waals surface area contributed by atoms with Gasteiger partial charge in [-0.2, -0.15) is 0 Å². The zero-order valence-electron chi connectivity index (χ0n) is 8.14. The lowest BCUT2D eigenvalue weighted by atomic mass is 10.2. The van der Waals surface area contributed by atoms with Gasteiger partial charge in [0, 0.05) is 13.1 Å². The molecule has 1 fully saturated rings. The second-order valence-corrected chi connectivity index (χ2v) is 3.29. The maximum atomic E-state index is 11.5. The molecule has 1 heterocycles. The van der Waals surface area contributed by atoms with Crippen LogP contribution in [0.4, 0.5) is 0 Å². The van der Waals surface area contributed by atoms with E-state index in [1.807, 2.05) is 6.92 Å². The van der Waals surface area contributed by atoms with Gasteiger partial charge in [-0.25, -0.2) is 0 Å². The van der Waals surface area contributed by atoms with Gasteiger partial charge < -0.3 is 20.6 Å². The van der Waals surface area contributed by atoms with E-state index in [9.17, 15) is 4.79 Å². The molecule has 1 unspecified atom stereocenters. The number of morpholine rings is 1. The molecule has 0 spiro atoms. The Kier molecular flexibility index (Phi) is 3.70. The molecule has 1 atom stereocenters. The Morgan fingerprint density at radius 3 is 3.07 bits per heavy atom. The van der Waals surface area contributed by atoms with E-state index in [0.29, 0.717) is 19.7 Å². The number of carbonyl (C=O) groups excluding carboxylic acids is 1. The van der Waals surface area contributed by atoms with Gasteiger partial charge in [0.25, 0.3) is 0 Å². The molecule has 14 heavy (non-hydrogen) atoms. The van der Waals surface area contributed by atoms with Gasteiger partial charge in [-0.3, -0.25) is 4.79 Å². The van der Waals surface area contributed by atoms with E-state index in [-0.39, 0.29) is 24.3 Å². The van der Waals surface area contributed by atoms with Crippen LogP contribution in [0.5, 0.6) is 0 Å². The highest BCUT2D eigenvalue weighted by molar-refractivity contribution is 5.98. The summed E-state index contributed by atoms with van der Waals surface area (Å²) in [5.41, 5.74) is 5.24. The van der Waals surface area contributed by atoms with Crippen LogP contribution in [0, 0.1) is 0 Å². The van der Waals surface area contributed by atoms with Gasteiger partial charge in [0.1, 0.15) is 5.84 Å². The Balaban J connectivity index is 2.44. The maximum Gasteiger partial charge on any atom is 0.230 e. The predicted octanol–water partition coefficient (Wildman–Crippen LogP) is -0.630. The monoisotopic (exact) mass is 201 g/mol. The van der Waals surface area contributed by atoms with Crippen LogP contribution in [0.1, 0.15) is 13.3 Å². The van der Waals surface area contributed by atoms with Crippen molar-refractivity contribution in [3.8, 4) is 0 Å². The van der Waals surface area contributed by atoms with E-state index in [2.05, 4.69) is 5.16 Å². The van der Waals surface area contributed by atoms with Crippen molar-refractivity contribution in [2.45, 2.75) is 19.4 Å². The molecule has 6 nitrogen and oxygen atoms in total. The van der Waals surface area contributed by atoms with Gasteiger partial charge >= 0.3 is 0 Å². The van der Waals surface area contributed by atoms with E-state index in [1.54, 1.807) is 4.90 Å². The standard InChI is InChI=1S/C8H15N3O3/c1-6-5-11(2-3-14-6)8(12)4-7(9)10-13/h6,13H,2-5H2,1H3,(H2,9,10). The summed E-state index contributed by atoms with van der Waals surface area (Å²) in [6.45, 7) is 3.59. The fraction of sp³-hybridized carbons (Fsp3) is 0.750. The summed E-state index contributed by atoms with van der Waals surface area (Å²) in [6.07, 6.45) is 0.0171. The van der Waals surface area contributed by atoms with Gasteiger partial charge in [-0.15, -0.1) is 0 Å². The molecule has 1 aliphatic heterocycles. The van der Waals surface area contributed by atoms with Gasteiger partial charge in [0.05, 0.1) is 19.1 Å². The fourth-order valence-electron chi connectivity index (χ4n) is 1.35. The number of amidine groups is 1. The molecule has 0 aromatic rings. The number of ether oxygens (including phenoxy) is 1. The van der Waals surface area contributed by atoms with Crippen LogP contribution in [0.2, 0.25) is 0 Å². The lowest BCUT2D eigenvalue weighted by Crippen LogP contribution is -2.45. The van der Waals surface area contributed by atoms with Crippen molar-refractivity contribution >= 4 is 11.7 Å². The third-order valence-corrected chi connectivity index (χ3v) is 2.05. The molecule has 1 aliphatic rings. The Labute approximate surface area is 82.3 Å². The average Bonchev–Trinajstić information content (AvgIpc) is 2.17. The highest BCUT2D eigenvalue weighted by atomic mass is 16.5. The molecule has 0 aliphatic carbocycles. The van der Waals surface area contributed by atoms with Crippen LogP contribution in [0.3, 0.4) is 0 Å². The zero-order valence-corrected chi connectivity index (χ0v) is 8.14. The van der Waals surface area contributed by atoms with Gasteiger partial charge in [-0.1, -0.05) is 5.16 Å². The molecule has 1 amide bonds. The lowest BCUT2D eigenvalue weighted by Gasteiger charge is -2.31. The van der Waals surface area contributed by atoms with Crippen molar-refractivity contribution in [1.82, 2.24) is 4.90 Å². The van der Waals surface area contributed by atoms with Gasteiger partial charge in [-0.05, 0) is 6.92 Å². The Hall–Kier alpha value is -1.30. The van der Waals surface area contributed by atoms with Crippen LogP contribution in [-0.4, -0.2) is 47.7 Å². The average molecular weight is 201 g/mol. The molecule has 0 radical (unpaired) electrons. The predicted molar refractivity (Wildman–Crippen MR) is 50.0 cm³/mol. The van der Waals surface area contributed by atoms with Crippen LogP contribution in [0.25, 0.3) is 0 Å². The summed E-state index contributed by atoms with van der Waals surface area (Å²) in [5.74, 6) is -0.190. The zero-order chi connectivity index (χ0) is 10.6. The number of carbonyl (C=O) groups is 1. The van der Waals surface area contributed by atoms with E-state index < -0.39 is 0 Å². The second-order valence-electron chi connectivity index (χ2n) is 3.29. The highest BCUT2D eigenvalue weighted by Gasteiger charge is 2.21. The third-order valence-electron chi connectivity index (χ3n) is 2.05. The first-order valence-corrected chi connectivity index (χ1v) is 4.49. The SMILES string of the molecule is CC1CN(C(=O)C/C(N)=N/O)CCO1. The summed E-state index contributed by atoms with van der Waals surface area (Å²) in [6, 6.07) is 0. The minimum atomic E-state index is -0.129. The highest BCUT2D eigenvalue weighted by Crippen LogP contribution is 2.05. The second kappa shape index (κ2) is 4.80. The Morgan fingerprint density at radius 1 is 1.79 bits per heavy atom. The van der Waals surface area contributed by atoms with Gasteiger partial charge in [0.2, 0.25) is 5.91 Å². The molecule has 1 saturated heterocycles. The van der Waals surface area contributed by atoms with Crippen LogP contribution >= 0.6 is 0 Å². The minimum Gasteiger partial charge on any atom is -0.409 e. The normalized spacial score (nSPS) is 23.6. The maximum absolute atomic E-state index is 11.5. The van der Waals surface area contributed by atoms with Crippen molar-refractivity contribution < 1.29 is 14.7 Å². The first-order valence-electron chi connectivity index (χ1n) is 4.49. The third kappa shape index (κ3) is 2.88. The smallest absolute Gasteiger partial charge is 0.230 e. The van der Waals surface area contributed by atoms with Crippen molar-refractivity contribution in [2.75, 3.05) is 19.7 Å². The lowest BCUT2D eigenvalue weighted by molar-refractivity contribution is -0.136.